The second-order valence-electron chi connectivity index (χ2n) is 15.1. The van der Waals surface area contributed by atoms with E-state index in [9.17, 15) is 5.26 Å². The van der Waals surface area contributed by atoms with E-state index < -0.39 is 0 Å². The molecule has 1 aliphatic carbocycles. The van der Waals surface area contributed by atoms with Gasteiger partial charge in [0.15, 0.2) is 0 Å². The zero-order valence-corrected chi connectivity index (χ0v) is 31.1. The molecule has 3 nitrogen and oxygen atoms in total. The smallest absolute Gasteiger partial charge is 0.135 e. The maximum atomic E-state index is 9.67. The lowest BCUT2D eigenvalue weighted by Crippen LogP contribution is -2.02. The maximum absolute atomic E-state index is 9.67. The molecule has 0 bridgehead atoms. The molecule has 3 aromatic heterocycles. The highest BCUT2D eigenvalue weighted by Gasteiger charge is 2.25. The zero-order chi connectivity index (χ0) is 36.9. The molecular formula is C52H32N2OS. The van der Waals surface area contributed by atoms with E-state index >= 15 is 0 Å². The van der Waals surface area contributed by atoms with E-state index in [2.05, 4.69) is 168 Å². The van der Waals surface area contributed by atoms with E-state index in [0.29, 0.717) is 5.56 Å². The Morgan fingerprint density at radius 3 is 2.02 bits per heavy atom. The van der Waals surface area contributed by atoms with Crippen molar-refractivity contribution in [3.63, 3.8) is 0 Å². The number of para-hydroxylation sites is 2. The minimum Gasteiger partial charge on any atom is -0.456 e. The van der Waals surface area contributed by atoms with Crippen LogP contribution in [0.3, 0.4) is 0 Å². The summed E-state index contributed by atoms with van der Waals surface area (Å²) < 4.78 is 11.4. The molecule has 0 radical (unpaired) electrons. The van der Waals surface area contributed by atoms with Crippen LogP contribution in [0.15, 0.2) is 168 Å². The summed E-state index contributed by atoms with van der Waals surface area (Å²) in [6, 6.07) is 61.9. The van der Waals surface area contributed by atoms with E-state index in [4.69, 9.17) is 4.42 Å². The fourth-order valence-electron chi connectivity index (χ4n) is 9.44. The first-order valence-corrected chi connectivity index (χ1v) is 20.0. The third kappa shape index (κ3) is 4.68. The first-order valence-electron chi connectivity index (χ1n) is 19.2. The monoisotopic (exact) mass is 732 g/mol. The van der Waals surface area contributed by atoms with Crippen LogP contribution in [-0.2, 0) is 6.42 Å². The van der Waals surface area contributed by atoms with E-state index in [-0.39, 0.29) is 5.92 Å². The topological polar surface area (TPSA) is 41.9 Å². The molecule has 11 aromatic rings. The molecule has 12 rings (SSSR count). The predicted octanol–water partition coefficient (Wildman–Crippen LogP) is 14.3. The number of hydrogen-bond donors (Lipinski definition) is 0. The summed E-state index contributed by atoms with van der Waals surface area (Å²) in [5.41, 5.74) is 14.8. The summed E-state index contributed by atoms with van der Waals surface area (Å²) in [6.07, 6.45) is 1.95. The molecule has 56 heavy (non-hydrogen) atoms. The van der Waals surface area contributed by atoms with Crippen LogP contribution in [-0.4, -0.2) is 4.57 Å². The van der Waals surface area contributed by atoms with Crippen molar-refractivity contribution in [3.8, 4) is 34.0 Å². The molecule has 0 saturated carbocycles. The Balaban J connectivity index is 0.964. The van der Waals surface area contributed by atoms with Crippen LogP contribution >= 0.6 is 11.3 Å². The summed E-state index contributed by atoms with van der Waals surface area (Å²) in [7, 11) is 0. The van der Waals surface area contributed by atoms with Crippen molar-refractivity contribution in [2.24, 2.45) is 0 Å². The lowest BCUT2D eigenvalue weighted by atomic mass is 9.85. The largest absolute Gasteiger partial charge is 0.456 e. The van der Waals surface area contributed by atoms with Gasteiger partial charge in [0.2, 0.25) is 0 Å². The molecule has 1 unspecified atom stereocenters. The highest BCUT2D eigenvalue weighted by molar-refractivity contribution is 7.25. The third-order valence-electron chi connectivity index (χ3n) is 12.1. The number of hydrogen-bond acceptors (Lipinski definition) is 3. The lowest BCUT2D eigenvalue weighted by molar-refractivity contribution is 0.668. The van der Waals surface area contributed by atoms with Crippen molar-refractivity contribution in [1.29, 1.82) is 5.26 Å². The molecule has 4 heteroatoms. The molecule has 0 saturated heterocycles. The number of aromatic nitrogens is 1. The van der Waals surface area contributed by atoms with E-state index in [1.807, 2.05) is 17.4 Å². The van der Waals surface area contributed by atoms with Gasteiger partial charge in [0.05, 0.1) is 22.7 Å². The molecule has 0 spiro atoms. The van der Waals surface area contributed by atoms with Gasteiger partial charge in [-0.3, -0.25) is 0 Å². The summed E-state index contributed by atoms with van der Waals surface area (Å²) in [5.74, 6) is 0.225. The van der Waals surface area contributed by atoms with Crippen molar-refractivity contribution in [1.82, 2.24) is 4.57 Å². The van der Waals surface area contributed by atoms with Crippen LogP contribution in [0.1, 0.15) is 34.6 Å². The minimum atomic E-state index is 0.225. The molecule has 8 aromatic carbocycles. The number of furan rings is 1. The number of aryl methyl sites for hydroxylation is 1. The van der Waals surface area contributed by atoms with Gasteiger partial charge in [0.1, 0.15) is 11.2 Å². The van der Waals surface area contributed by atoms with Crippen LogP contribution in [0.5, 0.6) is 0 Å². The molecule has 3 heterocycles. The van der Waals surface area contributed by atoms with E-state index in [0.717, 1.165) is 34.8 Å². The Morgan fingerprint density at radius 1 is 0.554 bits per heavy atom. The third-order valence-corrected chi connectivity index (χ3v) is 13.2. The van der Waals surface area contributed by atoms with Crippen molar-refractivity contribution in [2.45, 2.75) is 18.8 Å². The molecule has 0 fully saturated rings. The van der Waals surface area contributed by atoms with Gasteiger partial charge in [-0.05, 0) is 131 Å². The first-order chi connectivity index (χ1) is 27.7. The molecule has 0 N–H and O–H groups in total. The maximum Gasteiger partial charge on any atom is 0.135 e. The molecule has 262 valence electrons. The van der Waals surface area contributed by atoms with E-state index in [1.54, 1.807) is 0 Å². The predicted molar refractivity (Wildman–Crippen MR) is 233 cm³/mol. The van der Waals surface area contributed by atoms with Gasteiger partial charge >= 0.3 is 0 Å². The van der Waals surface area contributed by atoms with Gasteiger partial charge in [-0.25, -0.2) is 0 Å². The number of nitriles is 1. The average Bonchev–Trinajstić information content (AvgIpc) is 3.88. The SMILES string of the molecule is N#Cc1ccc2c(c1)-c1ccccc1C(c1ccc3oc4ccc(-c5ccc6sc7ccc(-n8c9ccccc9c9ccccc98)cc7c6c5)cc4c3c1)CC2. The van der Waals surface area contributed by atoms with Crippen molar-refractivity contribution in [2.75, 3.05) is 0 Å². The standard InChI is InChI=1S/C52H32N2OS/c53-30-31-13-14-32-15-20-37(38-7-1-2-8-39(38)42(32)25-31)35-17-22-50-44(28-35)43-26-33(16-21-49(43)55-50)34-18-23-51-45(27-34)46-29-36(19-24-52(46)56-51)54-47-11-5-3-9-40(47)41-10-4-6-12-48(41)54/h1-14,16-19,21-29,37H,15,20H2. The Bertz CT molecular complexity index is 3410. The molecular weight excluding hydrogens is 701 g/mol. The number of fused-ring (bicyclic) bond motifs is 12. The van der Waals surface area contributed by atoms with Gasteiger partial charge in [-0.2, -0.15) is 5.26 Å². The number of rotatable bonds is 3. The summed E-state index contributed by atoms with van der Waals surface area (Å²) in [6.45, 7) is 0. The summed E-state index contributed by atoms with van der Waals surface area (Å²) in [5, 5.41) is 17.0. The fourth-order valence-corrected chi connectivity index (χ4v) is 10.5. The second-order valence-corrected chi connectivity index (χ2v) is 16.2. The Morgan fingerprint density at radius 2 is 1.21 bits per heavy atom. The first kappa shape index (κ1) is 31.4. The highest BCUT2D eigenvalue weighted by Crippen LogP contribution is 2.44. The van der Waals surface area contributed by atoms with Gasteiger partial charge in [-0.15, -0.1) is 11.3 Å². The average molecular weight is 733 g/mol. The number of thiophene rings is 1. The number of nitrogens with zero attached hydrogens (tertiary/aromatic N) is 2. The zero-order valence-electron chi connectivity index (χ0n) is 30.3. The molecule has 1 aliphatic rings. The van der Waals surface area contributed by atoms with Crippen LogP contribution in [0.2, 0.25) is 0 Å². The van der Waals surface area contributed by atoms with Gasteiger partial charge in [-0.1, -0.05) is 84.9 Å². The molecule has 0 aliphatic heterocycles. The van der Waals surface area contributed by atoms with Crippen LogP contribution in [0.25, 0.3) is 91.9 Å². The highest BCUT2D eigenvalue weighted by atomic mass is 32.1. The van der Waals surface area contributed by atoms with E-state index in [1.165, 1.54) is 86.6 Å². The Labute approximate surface area is 326 Å². The minimum absolute atomic E-state index is 0.225. The Kier molecular flexibility index (Phi) is 6.75. The molecule has 1 atom stereocenters. The Hall–Kier alpha value is -6.93. The lowest BCUT2D eigenvalue weighted by Gasteiger charge is -2.18. The van der Waals surface area contributed by atoms with Crippen molar-refractivity contribution >= 4 is 75.3 Å². The van der Waals surface area contributed by atoms with Gasteiger partial charge in [0, 0.05) is 53.3 Å². The van der Waals surface area contributed by atoms with Gasteiger partial charge in [0.25, 0.3) is 0 Å². The summed E-state index contributed by atoms with van der Waals surface area (Å²) in [4.78, 5) is 0. The van der Waals surface area contributed by atoms with Crippen LogP contribution in [0.4, 0.5) is 0 Å². The fraction of sp³-hybridized carbons (Fsp3) is 0.0577. The van der Waals surface area contributed by atoms with Crippen LogP contribution < -0.4 is 0 Å². The van der Waals surface area contributed by atoms with Crippen molar-refractivity contribution < 1.29 is 4.42 Å². The number of benzene rings is 8. The second kappa shape index (κ2) is 12.0. The normalized spacial score (nSPS) is 14.1. The quantitative estimate of drug-likeness (QED) is 0.181. The van der Waals surface area contributed by atoms with Crippen LogP contribution in [0, 0.1) is 11.3 Å². The summed E-state index contributed by atoms with van der Waals surface area (Å²) >= 11 is 1.86. The molecule has 0 amide bonds. The van der Waals surface area contributed by atoms with Gasteiger partial charge < -0.3 is 8.98 Å². The van der Waals surface area contributed by atoms with Crippen molar-refractivity contribution in [3.05, 3.63) is 186 Å².